The first-order valence-corrected chi connectivity index (χ1v) is 10.6. The smallest absolute Gasteiger partial charge is 0.416 e. The van der Waals surface area contributed by atoms with Crippen LogP contribution in [0.5, 0.6) is 5.75 Å². The Morgan fingerprint density at radius 1 is 1.26 bits per heavy atom. The maximum absolute atomic E-state index is 13.7. The number of ether oxygens (including phenoxy) is 1. The molecule has 4 nitrogen and oxygen atoms in total. The first-order chi connectivity index (χ1) is 14.6. The van der Waals surface area contributed by atoms with E-state index in [1.54, 1.807) is 19.9 Å². The highest BCUT2D eigenvalue weighted by Gasteiger charge is 2.36. The van der Waals surface area contributed by atoms with Crippen molar-refractivity contribution >= 4 is 11.6 Å². The summed E-state index contributed by atoms with van der Waals surface area (Å²) < 4.78 is 46.9. The molecule has 168 valence electrons. The summed E-state index contributed by atoms with van der Waals surface area (Å²) in [6.45, 7) is 7.23. The van der Waals surface area contributed by atoms with E-state index in [-0.39, 0.29) is 22.8 Å². The second-order valence-corrected chi connectivity index (χ2v) is 8.32. The Balaban J connectivity index is 2.02. The standard InChI is InChI=1S/C24H29F3N2O2/c1-5-11-31-22-13-18(15(2)3)20(24(25,26)27)12-19(22)23(30)28-21-8-6-7-16-14-29(4)10-9-17(16)21/h6-8,12-13,15H,5,9-11,14H2,1-4H3,(H,28,30). The summed E-state index contributed by atoms with van der Waals surface area (Å²) in [5.74, 6) is -0.782. The van der Waals surface area contributed by atoms with Crippen LogP contribution >= 0.6 is 0 Å². The summed E-state index contributed by atoms with van der Waals surface area (Å²) in [5, 5.41) is 2.84. The summed E-state index contributed by atoms with van der Waals surface area (Å²) in [5.41, 5.74) is 2.00. The van der Waals surface area contributed by atoms with Gasteiger partial charge in [0, 0.05) is 18.8 Å². The van der Waals surface area contributed by atoms with Crippen molar-refractivity contribution in [2.45, 2.75) is 52.3 Å². The van der Waals surface area contributed by atoms with Crippen molar-refractivity contribution in [1.29, 1.82) is 0 Å². The van der Waals surface area contributed by atoms with Gasteiger partial charge in [-0.3, -0.25) is 4.79 Å². The van der Waals surface area contributed by atoms with E-state index in [1.165, 1.54) is 6.07 Å². The number of carbonyl (C=O) groups is 1. The zero-order valence-corrected chi connectivity index (χ0v) is 18.4. The SMILES string of the molecule is CCCOc1cc(C(C)C)c(C(F)(F)F)cc1C(=O)Nc1cccc2c1CCN(C)C2. The molecule has 2 aromatic carbocycles. The summed E-state index contributed by atoms with van der Waals surface area (Å²) in [4.78, 5) is 15.3. The van der Waals surface area contributed by atoms with E-state index in [9.17, 15) is 18.0 Å². The van der Waals surface area contributed by atoms with Crippen LogP contribution in [-0.4, -0.2) is 31.0 Å². The van der Waals surface area contributed by atoms with Crippen molar-refractivity contribution in [3.63, 3.8) is 0 Å². The molecular formula is C24H29F3N2O2. The van der Waals surface area contributed by atoms with E-state index in [0.29, 0.717) is 18.7 Å². The minimum absolute atomic E-state index is 0.101. The van der Waals surface area contributed by atoms with Gasteiger partial charge in [-0.2, -0.15) is 13.2 Å². The number of benzene rings is 2. The number of rotatable bonds is 6. The minimum Gasteiger partial charge on any atom is -0.493 e. The molecule has 0 unspecified atom stereocenters. The van der Waals surface area contributed by atoms with Crippen LogP contribution in [0.1, 0.15) is 65.7 Å². The van der Waals surface area contributed by atoms with Crippen LogP contribution in [0.2, 0.25) is 0 Å². The summed E-state index contributed by atoms with van der Waals surface area (Å²) >= 11 is 0. The summed E-state index contributed by atoms with van der Waals surface area (Å²) in [7, 11) is 2.03. The molecule has 0 radical (unpaired) electrons. The van der Waals surface area contributed by atoms with E-state index in [1.807, 2.05) is 26.1 Å². The molecule has 3 rings (SSSR count). The van der Waals surface area contributed by atoms with Crippen molar-refractivity contribution in [2.75, 3.05) is 25.5 Å². The average Bonchev–Trinajstić information content (AvgIpc) is 2.70. The number of carbonyl (C=O) groups excluding carboxylic acids is 1. The first kappa shape index (κ1) is 23.1. The second-order valence-electron chi connectivity index (χ2n) is 8.32. The molecule has 2 aromatic rings. The van der Waals surface area contributed by atoms with Crippen LogP contribution in [0, 0.1) is 0 Å². The van der Waals surface area contributed by atoms with E-state index in [0.717, 1.165) is 36.7 Å². The lowest BCUT2D eigenvalue weighted by Crippen LogP contribution is -2.27. The normalized spacial score (nSPS) is 14.5. The molecule has 0 saturated heterocycles. The number of halogens is 3. The molecule has 0 aromatic heterocycles. The van der Waals surface area contributed by atoms with Crippen LogP contribution in [0.3, 0.4) is 0 Å². The van der Waals surface area contributed by atoms with Crippen molar-refractivity contribution in [1.82, 2.24) is 4.90 Å². The number of alkyl halides is 3. The van der Waals surface area contributed by atoms with Gasteiger partial charge in [-0.05, 0) is 60.7 Å². The molecule has 31 heavy (non-hydrogen) atoms. The van der Waals surface area contributed by atoms with Gasteiger partial charge in [0.2, 0.25) is 0 Å². The van der Waals surface area contributed by atoms with E-state index in [2.05, 4.69) is 10.2 Å². The summed E-state index contributed by atoms with van der Waals surface area (Å²) in [6.07, 6.45) is -3.12. The Kier molecular flexibility index (Phi) is 6.94. The Hall–Kier alpha value is -2.54. The number of likely N-dealkylation sites (N-methyl/N-ethyl adjacent to an activating group) is 1. The number of anilines is 1. The van der Waals surface area contributed by atoms with Gasteiger partial charge >= 0.3 is 6.18 Å². The van der Waals surface area contributed by atoms with E-state index < -0.39 is 17.6 Å². The highest BCUT2D eigenvalue weighted by atomic mass is 19.4. The molecule has 1 heterocycles. The molecular weight excluding hydrogens is 405 g/mol. The number of amides is 1. The zero-order chi connectivity index (χ0) is 22.8. The molecule has 0 spiro atoms. The van der Waals surface area contributed by atoms with Gasteiger partial charge in [0.05, 0.1) is 17.7 Å². The average molecular weight is 435 g/mol. The van der Waals surface area contributed by atoms with Gasteiger partial charge in [-0.25, -0.2) is 0 Å². The maximum atomic E-state index is 13.7. The fraction of sp³-hybridized carbons (Fsp3) is 0.458. The lowest BCUT2D eigenvalue weighted by molar-refractivity contribution is -0.138. The molecule has 1 aliphatic rings. The molecule has 0 bridgehead atoms. The number of fused-ring (bicyclic) bond motifs is 1. The predicted octanol–water partition coefficient (Wildman–Crippen LogP) is 5.86. The van der Waals surface area contributed by atoms with Gasteiger partial charge in [0.25, 0.3) is 5.91 Å². The fourth-order valence-corrected chi connectivity index (χ4v) is 3.88. The van der Waals surface area contributed by atoms with Crippen molar-refractivity contribution in [3.8, 4) is 5.75 Å². The Morgan fingerprint density at radius 2 is 2.00 bits per heavy atom. The van der Waals surface area contributed by atoms with Gasteiger partial charge in [0.15, 0.2) is 0 Å². The topological polar surface area (TPSA) is 41.6 Å². The van der Waals surface area contributed by atoms with E-state index >= 15 is 0 Å². The van der Waals surface area contributed by atoms with Gasteiger partial charge in [-0.15, -0.1) is 0 Å². The Morgan fingerprint density at radius 3 is 2.65 bits per heavy atom. The minimum atomic E-state index is -4.56. The third-order valence-electron chi connectivity index (χ3n) is 5.49. The van der Waals surface area contributed by atoms with Crippen molar-refractivity contribution < 1.29 is 22.7 Å². The van der Waals surface area contributed by atoms with Crippen molar-refractivity contribution in [2.24, 2.45) is 0 Å². The van der Waals surface area contributed by atoms with E-state index in [4.69, 9.17) is 4.74 Å². The number of nitrogens with one attached hydrogen (secondary N) is 1. The largest absolute Gasteiger partial charge is 0.493 e. The monoisotopic (exact) mass is 434 g/mol. The molecule has 0 atom stereocenters. The van der Waals surface area contributed by atoms with Gasteiger partial charge < -0.3 is 15.0 Å². The number of hydrogen-bond acceptors (Lipinski definition) is 3. The maximum Gasteiger partial charge on any atom is 0.416 e. The third-order valence-corrected chi connectivity index (χ3v) is 5.49. The molecule has 0 fully saturated rings. The Labute approximate surface area is 181 Å². The van der Waals surface area contributed by atoms with Crippen LogP contribution < -0.4 is 10.1 Å². The van der Waals surface area contributed by atoms with Gasteiger partial charge in [-0.1, -0.05) is 32.9 Å². The van der Waals surface area contributed by atoms with Gasteiger partial charge in [0.1, 0.15) is 5.75 Å². The number of hydrogen-bond donors (Lipinski definition) is 1. The predicted molar refractivity (Wildman–Crippen MR) is 116 cm³/mol. The highest BCUT2D eigenvalue weighted by molar-refractivity contribution is 6.07. The Bertz CT molecular complexity index is 955. The molecule has 1 N–H and O–H groups in total. The van der Waals surface area contributed by atoms with Crippen LogP contribution in [-0.2, 0) is 19.1 Å². The highest BCUT2D eigenvalue weighted by Crippen LogP contribution is 2.39. The quantitative estimate of drug-likeness (QED) is 0.619. The lowest BCUT2D eigenvalue weighted by atomic mass is 9.93. The fourth-order valence-electron chi connectivity index (χ4n) is 3.88. The summed E-state index contributed by atoms with van der Waals surface area (Å²) in [6, 6.07) is 7.95. The lowest BCUT2D eigenvalue weighted by Gasteiger charge is -2.27. The van der Waals surface area contributed by atoms with Crippen LogP contribution in [0.4, 0.5) is 18.9 Å². The van der Waals surface area contributed by atoms with Crippen LogP contribution in [0.15, 0.2) is 30.3 Å². The molecule has 1 aliphatic heterocycles. The molecule has 0 saturated carbocycles. The van der Waals surface area contributed by atoms with Crippen LogP contribution in [0.25, 0.3) is 0 Å². The second kappa shape index (κ2) is 9.30. The zero-order valence-electron chi connectivity index (χ0n) is 18.4. The number of nitrogens with zero attached hydrogens (tertiary/aromatic N) is 1. The first-order valence-electron chi connectivity index (χ1n) is 10.6. The molecule has 0 aliphatic carbocycles. The molecule has 1 amide bonds. The third kappa shape index (κ3) is 5.21. The molecule has 7 heteroatoms. The van der Waals surface area contributed by atoms with Crippen molar-refractivity contribution in [3.05, 3.63) is 58.1 Å².